The number of H-pyrrole nitrogens is 1. The van der Waals surface area contributed by atoms with Gasteiger partial charge in [-0.25, -0.2) is 4.79 Å². The second-order valence-corrected chi connectivity index (χ2v) is 5.16. The third kappa shape index (κ3) is 2.33. The van der Waals surface area contributed by atoms with E-state index in [0.29, 0.717) is 32.3 Å². The van der Waals surface area contributed by atoms with Gasteiger partial charge in [-0.3, -0.25) is 4.98 Å². The molecule has 3 rings (SSSR count). The number of nitrogens with one attached hydrogen (secondary N) is 1. The molecule has 0 spiro atoms. The van der Waals surface area contributed by atoms with Crippen LogP contribution in [-0.4, -0.2) is 10.1 Å². The van der Waals surface area contributed by atoms with Gasteiger partial charge in [0, 0.05) is 0 Å². The van der Waals surface area contributed by atoms with E-state index in [-0.39, 0.29) is 0 Å². The van der Waals surface area contributed by atoms with E-state index in [1.165, 1.54) is 0 Å². The van der Waals surface area contributed by atoms with Crippen molar-refractivity contribution in [3.8, 4) is 0 Å². The molecule has 0 aliphatic rings. The van der Waals surface area contributed by atoms with Gasteiger partial charge in [0.1, 0.15) is 6.10 Å². The van der Waals surface area contributed by atoms with Crippen molar-refractivity contribution >= 4 is 34.3 Å². The van der Waals surface area contributed by atoms with Gasteiger partial charge in [-0.15, -0.1) is 0 Å². The molecule has 4 nitrogen and oxygen atoms in total. The van der Waals surface area contributed by atoms with E-state index >= 15 is 0 Å². The molecule has 1 aromatic heterocycles. The zero-order valence-electron chi connectivity index (χ0n) is 10.1. The maximum atomic E-state index is 11.1. The molecule has 6 heteroatoms. The van der Waals surface area contributed by atoms with Gasteiger partial charge in [-0.1, -0.05) is 35.3 Å². The summed E-state index contributed by atoms with van der Waals surface area (Å²) in [5.74, 6) is -0.527. The number of oxazole rings is 1. The second kappa shape index (κ2) is 4.98. The van der Waals surface area contributed by atoms with Crippen LogP contribution in [0.5, 0.6) is 0 Å². The smallest absolute Gasteiger partial charge is 0.408 e. The van der Waals surface area contributed by atoms with Crippen LogP contribution in [0.1, 0.15) is 17.2 Å². The minimum atomic E-state index is -0.880. The molecule has 0 bridgehead atoms. The van der Waals surface area contributed by atoms with Crippen LogP contribution in [0.2, 0.25) is 10.0 Å². The van der Waals surface area contributed by atoms with E-state index in [1.807, 2.05) is 0 Å². The van der Waals surface area contributed by atoms with Gasteiger partial charge in [-0.2, -0.15) is 0 Å². The number of rotatable bonds is 2. The Morgan fingerprint density at radius 1 is 1.05 bits per heavy atom. The molecule has 1 unspecified atom stereocenters. The highest BCUT2D eigenvalue weighted by Crippen LogP contribution is 2.29. The number of aromatic amines is 1. The summed E-state index contributed by atoms with van der Waals surface area (Å²) in [6.07, 6.45) is -0.880. The number of benzene rings is 2. The SMILES string of the molecule is O=c1[nH]c2ccc(C(O)c3ccc(Cl)c(Cl)c3)cc2o1. The first-order valence-corrected chi connectivity index (χ1v) is 6.56. The predicted octanol–water partition coefficient (Wildman–Crippen LogP) is 3.51. The summed E-state index contributed by atoms with van der Waals surface area (Å²) in [4.78, 5) is 13.6. The van der Waals surface area contributed by atoms with Crippen LogP contribution in [0.15, 0.2) is 45.6 Å². The average molecular weight is 310 g/mol. The summed E-state index contributed by atoms with van der Waals surface area (Å²) in [5.41, 5.74) is 2.18. The molecule has 0 fully saturated rings. The molecule has 102 valence electrons. The summed E-state index contributed by atoms with van der Waals surface area (Å²) < 4.78 is 4.97. The van der Waals surface area contributed by atoms with Crippen molar-refractivity contribution in [2.24, 2.45) is 0 Å². The minimum Gasteiger partial charge on any atom is -0.408 e. The molecule has 0 saturated carbocycles. The number of hydrogen-bond donors (Lipinski definition) is 2. The van der Waals surface area contributed by atoms with Crippen molar-refractivity contribution in [2.45, 2.75) is 6.10 Å². The Labute approximate surface area is 123 Å². The maximum Gasteiger partial charge on any atom is 0.417 e. The first-order valence-electron chi connectivity index (χ1n) is 5.80. The van der Waals surface area contributed by atoms with Crippen molar-refractivity contribution in [3.05, 3.63) is 68.1 Å². The summed E-state index contributed by atoms with van der Waals surface area (Å²) >= 11 is 11.8. The minimum absolute atomic E-state index is 0.373. The first-order chi connectivity index (χ1) is 9.54. The number of aromatic nitrogens is 1. The molecule has 0 radical (unpaired) electrons. The molecule has 2 N–H and O–H groups in total. The molecule has 3 aromatic rings. The predicted molar refractivity (Wildman–Crippen MR) is 77.4 cm³/mol. The van der Waals surface area contributed by atoms with Crippen molar-refractivity contribution in [1.82, 2.24) is 4.98 Å². The van der Waals surface area contributed by atoms with Gasteiger partial charge in [0.15, 0.2) is 5.58 Å². The Bertz CT molecular complexity index is 838. The summed E-state index contributed by atoms with van der Waals surface area (Å²) in [5, 5.41) is 11.1. The zero-order valence-corrected chi connectivity index (χ0v) is 11.6. The number of aliphatic hydroxyl groups is 1. The third-order valence-corrected chi connectivity index (χ3v) is 3.76. The van der Waals surface area contributed by atoms with Crippen molar-refractivity contribution < 1.29 is 9.52 Å². The molecular formula is C14H9Cl2NO3. The van der Waals surface area contributed by atoms with Gasteiger partial charge < -0.3 is 9.52 Å². The van der Waals surface area contributed by atoms with Crippen LogP contribution in [0.4, 0.5) is 0 Å². The van der Waals surface area contributed by atoms with Crippen LogP contribution in [-0.2, 0) is 0 Å². The monoisotopic (exact) mass is 309 g/mol. The summed E-state index contributed by atoms with van der Waals surface area (Å²) in [6, 6.07) is 9.91. The van der Waals surface area contributed by atoms with Crippen LogP contribution in [0.25, 0.3) is 11.1 Å². The molecule has 1 atom stereocenters. The largest absolute Gasteiger partial charge is 0.417 e. The summed E-state index contributed by atoms with van der Waals surface area (Å²) in [7, 11) is 0. The molecular weight excluding hydrogens is 301 g/mol. The van der Waals surface area contributed by atoms with Gasteiger partial charge in [0.2, 0.25) is 0 Å². The lowest BCUT2D eigenvalue weighted by Gasteiger charge is -2.12. The maximum absolute atomic E-state index is 11.1. The van der Waals surface area contributed by atoms with Crippen LogP contribution in [0.3, 0.4) is 0 Å². The number of halogens is 2. The number of aliphatic hydroxyl groups excluding tert-OH is 1. The Kier molecular flexibility index (Phi) is 3.30. The fourth-order valence-corrected chi connectivity index (χ4v) is 2.31. The second-order valence-electron chi connectivity index (χ2n) is 4.35. The molecule has 0 amide bonds. The highest BCUT2D eigenvalue weighted by atomic mass is 35.5. The quantitative estimate of drug-likeness (QED) is 0.761. The van der Waals surface area contributed by atoms with E-state index in [4.69, 9.17) is 27.6 Å². The average Bonchev–Trinajstić information content (AvgIpc) is 2.80. The fourth-order valence-electron chi connectivity index (χ4n) is 2.01. The molecule has 0 saturated heterocycles. The molecule has 0 aliphatic carbocycles. The van der Waals surface area contributed by atoms with Crippen molar-refractivity contribution in [3.63, 3.8) is 0 Å². The van der Waals surface area contributed by atoms with Crippen LogP contribution in [0, 0.1) is 0 Å². The standard InChI is InChI=1S/C14H9Cl2NO3/c15-9-3-1-7(5-10(9)16)13(18)8-2-4-11-12(6-8)20-14(19)17-11/h1-6,13,18H,(H,17,19). The first kappa shape index (κ1) is 13.2. The van der Waals surface area contributed by atoms with E-state index in [2.05, 4.69) is 4.98 Å². The Morgan fingerprint density at radius 3 is 2.50 bits per heavy atom. The van der Waals surface area contributed by atoms with Gasteiger partial charge in [0.25, 0.3) is 0 Å². The fraction of sp³-hybridized carbons (Fsp3) is 0.0714. The lowest BCUT2D eigenvalue weighted by Crippen LogP contribution is -1.99. The highest BCUT2D eigenvalue weighted by molar-refractivity contribution is 6.42. The topological polar surface area (TPSA) is 66.2 Å². The van der Waals surface area contributed by atoms with Crippen LogP contribution < -0.4 is 5.76 Å². The molecule has 1 heterocycles. The van der Waals surface area contributed by atoms with E-state index in [1.54, 1.807) is 36.4 Å². The van der Waals surface area contributed by atoms with Gasteiger partial charge >= 0.3 is 5.76 Å². The Balaban J connectivity index is 2.04. The number of fused-ring (bicyclic) bond motifs is 1. The van der Waals surface area contributed by atoms with E-state index in [0.717, 1.165) is 0 Å². The van der Waals surface area contributed by atoms with Gasteiger partial charge in [-0.05, 0) is 35.4 Å². The zero-order chi connectivity index (χ0) is 14.3. The van der Waals surface area contributed by atoms with Crippen molar-refractivity contribution in [1.29, 1.82) is 0 Å². The van der Waals surface area contributed by atoms with Crippen LogP contribution >= 0.6 is 23.2 Å². The normalized spacial score (nSPS) is 12.8. The van der Waals surface area contributed by atoms with Gasteiger partial charge in [0.05, 0.1) is 15.6 Å². The highest BCUT2D eigenvalue weighted by Gasteiger charge is 2.13. The third-order valence-electron chi connectivity index (χ3n) is 3.02. The van der Waals surface area contributed by atoms with E-state index < -0.39 is 11.9 Å². The molecule has 20 heavy (non-hydrogen) atoms. The summed E-state index contributed by atoms with van der Waals surface area (Å²) in [6.45, 7) is 0. The van der Waals surface area contributed by atoms with Crippen molar-refractivity contribution in [2.75, 3.05) is 0 Å². The molecule has 0 aliphatic heterocycles. The van der Waals surface area contributed by atoms with E-state index in [9.17, 15) is 9.90 Å². The lowest BCUT2D eigenvalue weighted by molar-refractivity contribution is 0.220. The molecule has 2 aromatic carbocycles. The Morgan fingerprint density at radius 2 is 1.75 bits per heavy atom. The Hall–Kier alpha value is -1.75. The lowest BCUT2D eigenvalue weighted by atomic mass is 10.0. The number of hydrogen-bond acceptors (Lipinski definition) is 3.